The van der Waals surface area contributed by atoms with E-state index in [0.717, 1.165) is 12.1 Å². The van der Waals surface area contributed by atoms with Crippen molar-refractivity contribution in [3.05, 3.63) is 21.9 Å². The van der Waals surface area contributed by atoms with E-state index in [-0.39, 0.29) is 17.5 Å². The molecule has 90 valence electrons. The number of thiophene rings is 1. The summed E-state index contributed by atoms with van der Waals surface area (Å²) in [6, 6.07) is 1.82. The Balaban J connectivity index is 2.67. The zero-order valence-electron chi connectivity index (χ0n) is 8.47. The molecular weight excluding hydrogens is 241 g/mol. The number of halogens is 3. The number of alkyl halides is 3. The van der Waals surface area contributed by atoms with Gasteiger partial charge in [0.15, 0.2) is 0 Å². The minimum absolute atomic E-state index is 0.0352. The molecular formula is C9H11F3N2OS. The summed E-state index contributed by atoms with van der Waals surface area (Å²) in [6.45, 7) is 1.92. The SMILES string of the molecule is CC(N)CNC(=O)c1ccc(C(F)(F)F)s1. The Bertz CT molecular complexity index is 373. The highest BCUT2D eigenvalue weighted by Gasteiger charge is 2.33. The van der Waals surface area contributed by atoms with Crippen LogP contribution in [0.3, 0.4) is 0 Å². The second-order valence-corrected chi connectivity index (χ2v) is 4.43. The lowest BCUT2D eigenvalue weighted by atomic mass is 10.3. The van der Waals surface area contributed by atoms with Crippen molar-refractivity contribution in [3.63, 3.8) is 0 Å². The molecule has 1 aromatic heterocycles. The van der Waals surface area contributed by atoms with E-state index in [1.165, 1.54) is 0 Å². The van der Waals surface area contributed by atoms with Crippen molar-refractivity contribution in [2.45, 2.75) is 19.1 Å². The van der Waals surface area contributed by atoms with Crippen LogP contribution in [0.25, 0.3) is 0 Å². The molecule has 0 aliphatic carbocycles. The molecule has 0 aromatic carbocycles. The normalized spacial score (nSPS) is 13.6. The van der Waals surface area contributed by atoms with Crippen LogP contribution in [0.5, 0.6) is 0 Å². The van der Waals surface area contributed by atoms with Gasteiger partial charge in [-0.05, 0) is 19.1 Å². The topological polar surface area (TPSA) is 55.1 Å². The van der Waals surface area contributed by atoms with Gasteiger partial charge in [0.25, 0.3) is 5.91 Å². The molecule has 1 rings (SSSR count). The van der Waals surface area contributed by atoms with Gasteiger partial charge in [0.05, 0.1) is 4.88 Å². The van der Waals surface area contributed by atoms with E-state index < -0.39 is 17.0 Å². The van der Waals surface area contributed by atoms with Crippen LogP contribution >= 0.6 is 11.3 Å². The predicted octanol–water partition coefficient (Wildman–Crippen LogP) is 1.84. The molecule has 0 saturated carbocycles. The van der Waals surface area contributed by atoms with E-state index in [9.17, 15) is 18.0 Å². The highest BCUT2D eigenvalue weighted by Crippen LogP contribution is 2.34. The standard InChI is InChI=1S/C9H11F3N2OS/c1-5(13)4-14-8(15)6-2-3-7(16-6)9(10,11)12/h2-3,5H,4,13H2,1H3,(H,14,15). The Morgan fingerprint density at radius 2 is 2.19 bits per heavy atom. The van der Waals surface area contributed by atoms with Crippen molar-refractivity contribution in [1.29, 1.82) is 0 Å². The largest absolute Gasteiger partial charge is 0.425 e. The Hall–Kier alpha value is -1.08. The molecule has 0 aliphatic heterocycles. The second-order valence-electron chi connectivity index (χ2n) is 3.35. The molecule has 1 unspecified atom stereocenters. The molecule has 7 heteroatoms. The van der Waals surface area contributed by atoms with Crippen LogP contribution in [0.1, 0.15) is 21.5 Å². The molecule has 0 bridgehead atoms. The maximum Gasteiger partial charge on any atom is 0.425 e. The zero-order chi connectivity index (χ0) is 12.3. The average Bonchev–Trinajstić information content (AvgIpc) is 2.61. The van der Waals surface area contributed by atoms with Gasteiger partial charge in [0, 0.05) is 12.6 Å². The van der Waals surface area contributed by atoms with Crippen molar-refractivity contribution in [3.8, 4) is 0 Å². The van der Waals surface area contributed by atoms with E-state index in [4.69, 9.17) is 5.73 Å². The number of nitrogens with two attached hydrogens (primary N) is 1. The van der Waals surface area contributed by atoms with Gasteiger partial charge in [0.2, 0.25) is 0 Å². The van der Waals surface area contributed by atoms with E-state index in [2.05, 4.69) is 5.32 Å². The van der Waals surface area contributed by atoms with Crippen LogP contribution < -0.4 is 11.1 Å². The first kappa shape index (κ1) is 13.0. The number of nitrogens with one attached hydrogen (secondary N) is 1. The molecule has 0 saturated heterocycles. The molecule has 3 nitrogen and oxygen atoms in total. The van der Waals surface area contributed by atoms with E-state index >= 15 is 0 Å². The van der Waals surface area contributed by atoms with Crippen LogP contribution in [0.15, 0.2) is 12.1 Å². The van der Waals surface area contributed by atoms with Gasteiger partial charge in [0.1, 0.15) is 4.88 Å². The monoisotopic (exact) mass is 252 g/mol. The van der Waals surface area contributed by atoms with Gasteiger partial charge in [-0.1, -0.05) is 0 Å². The molecule has 0 fully saturated rings. The molecule has 1 heterocycles. The molecule has 1 amide bonds. The Labute approximate surface area is 94.4 Å². The second kappa shape index (κ2) is 4.84. The summed E-state index contributed by atoms with van der Waals surface area (Å²) in [7, 11) is 0. The van der Waals surface area contributed by atoms with Gasteiger partial charge in [-0.15, -0.1) is 11.3 Å². The number of hydrogen-bond acceptors (Lipinski definition) is 3. The summed E-state index contributed by atoms with van der Waals surface area (Å²) >= 11 is 0.422. The fraction of sp³-hybridized carbons (Fsp3) is 0.444. The van der Waals surface area contributed by atoms with E-state index in [1.54, 1.807) is 6.92 Å². The predicted molar refractivity (Wildman–Crippen MR) is 55.3 cm³/mol. The van der Waals surface area contributed by atoms with Crippen molar-refractivity contribution >= 4 is 17.2 Å². The van der Waals surface area contributed by atoms with Gasteiger partial charge in [-0.3, -0.25) is 4.79 Å². The molecule has 1 aromatic rings. The van der Waals surface area contributed by atoms with Crippen LogP contribution in [0, 0.1) is 0 Å². The van der Waals surface area contributed by atoms with Crippen molar-refractivity contribution in [1.82, 2.24) is 5.32 Å². The quantitative estimate of drug-likeness (QED) is 0.862. The lowest BCUT2D eigenvalue weighted by Gasteiger charge is -2.06. The summed E-state index contributed by atoms with van der Waals surface area (Å²) in [5.74, 6) is -0.530. The fourth-order valence-corrected chi connectivity index (χ4v) is 1.74. The van der Waals surface area contributed by atoms with Crippen molar-refractivity contribution < 1.29 is 18.0 Å². The molecule has 16 heavy (non-hydrogen) atoms. The number of rotatable bonds is 3. The maximum atomic E-state index is 12.2. The third-order valence-electron chi connectivity index (χ3n) is 1.69. The average molecular weight is 252 g/mol. The number of carbonyl (C=O) groups is 1. The van der Waals surface area contributed by atoms with Gasteiger partial charge in [-0.2, -0.15) is 13.2 Å². The molecule has 0 spiro atoms. The van der Waals surface area contributed by atoms with Crippen molar-refractivity contribution in [2.24, 2.45) is 5.73 Å². The first-order chi connectivity index (χ1) is 7.30. The number of carbonyl (C=O) groups excluding carboxylic acids is 1. The number of amides is 1. The third kappa shape index (κ3) is 3.49. The molecule has 0 radical (unpaired) electrons. The first-order valence-electron chi connectivity index (χ1n) is 4.51. The summed E-state index contributed by atoms with van der Waals surface area (Å²) in [5, 5.41) is 2.44. The maximum absolute atomic E-state index is 12.2. The summed E-state index contributed by atoms with van der Waals surface area (Å²) in [4.78, 5) is 10.6. The highest BCUT2D eigenvalue weighted by molar-refractivity contribution is 7.14. The summed E-state index contributed by atoms with van der Waals surface area (Å²) in [5.41, 5.74) is 5.40. The molecule has 1 atom stereocenters. The van der Waals surface area contributed by atoms with Crippen LogP contribution in [-0.4, -0.2) is 18.5 Å². The van der Waals surface area contributed by atoms with Crippen molar-refractivity contribution in [2.75, 3.05) is 6.54 Å². The van der Waals surface area contributed by atoms with E-state index in [1.807, 2.05) is 0 Å². The zero-order valence-corrected chi connectivity index (χ0v) is 9.28. The van der Waals surface area contributed by atoms with E-state index in [0.29, 0.717) is 11.3 Å². The first-order valence-corrected chi connectivity index (χ1v) is 5.33. The summed E-state index contributed by atoms with van der Waals surface area (Å²) < 4.78 is 36.7. The molecule has 0 aliphatic rings. The summed E-state index contributed by atoms with van der Waals surface area (Å²) in [6.07, 6.45) is -4.40. The van der Waals surface area contributed by atoms with Crippen LogP contribution in [0.4, 0.5) is 13.2 Å². The minimum Gasteiger partial charge on any atom is -0.350 e. The minimum atomic E-state index is -4.40. The smallest absolute Gasteiger partial charge is 0.350 e. The lowest BCUT2D eigenvalue weighted by Crippen LogP contribution is -2.34. The number of hydrogen-bond donors (Lipinski definition) is 2. The van der Waals surface area contributed by atoms with Gasteiger partial charge < -0.3 is 11.1 Å². The van der Waals surface area contributed by atoms with Gasteiger partial charge >= 0.3 is 6.18 Å². The fourth-order valence-electron chi connectivity index (χ4n) is 0.953. The van der Waals surface area contributed by atoms with Crippen LogP contribution in [-0.2, 0) is 6.18 Å². The third-order valence-corrected chi connectivity index (χ3v) is 2.82. The Morgan fingerprint density at radius 3 is 2.62 bits per heavy atom. The Kier molecular flexibility index (Phi) is 3.93. The lowest BCUT2D eigenvalue weighted by molar-refractivity contribution is -0.134. The van der Waals surface area contributed by atoms with Gasteiger partial charge in [-0.25, -0.2) is 0 Å². The molecule has 3 N–H and O–H groups in total. The van der Waals surface area contributed by atoms with Crippen LogP contribution in [0.2, 0.25) is 0 Å². The highest BCUT2D eigenvalue weighted by atomic mass is 32.1. The Morgan fingerprint density at radius 1 is 1.56 bits per heavy atom.